The summed E-state index contributed by atoms with van der Waals surface area (Å²) in [5, 5.41) is 0. The largest absolute Gasteiger partial charge is 0.326 e. The zero-order chi connectivity index (χ0) is 8.43. The summed E-state index contributed by atoms with van der Waals surface area (Å²) >= 11 is 0. The Bertz CT molecular complexity index is 163. The summed E-state index contributed by atoms with van der Waals surface area (Å²) in [5.74, 6) is 0. The second-order valence-electron chi connectivity index (χ2n) is 3.11. The van der Waals surface area contributed by atoms with E-state index in [1.807, 2.05) is 11.2 Å². The number of rotatable bonds is 1. The first-order valence-electron chi connectivity index (χ1n) is 3.98. The molecule has 1 aliphatic rings. The lowest BCUT2D eigenvalue weighted by Crippen LogP contribution is -2.50. The first-order valence-corrected chi connectivity index (χ1v) is 5.50. The minimum atomic E-state index is -0.849. The molecule has 0 radical (unpaired) electrons. The van der Waals surface area contributed by atoms with Crippen molar-refractivity contribution in [1.29, 1.82) is 0 Å². The van der Waals surface area contributed by atoms with E-state index in [0.717, 1.165) is 19.4 Å². The third-order valence-electron chi connectivity index (χ3n) is 2.32. The zero-order valence-corrected chi connectivity index (χ0v) is 7.93. The molecule has 0 saturated carbocycles. The van der Waals surface area contributed by atoms with Gasteiger partial charge in [0.1, 0.15) is 0 Å². The Morgan fingerprint density at radius 2 is 2.27 bits per heavy atom. The fourth-order valence-electron chi connectivity index (χ4n) is 1.50. The molecule has 1 unspecified atom stereocenters. The van der Waals surface area contributed by atoms with Crippen LogP contribution in [0.15, 0.2) is 0 Å². The van der Waals surface area contributed by atoms with Gasteiger partial charge >= 0.3 is 0 Å². The minimum Gasteiger partial charge on any atom is -0.326 e. The molecule has 1 saturated heterocycles. The van der Waals surface area contributed by atoms with E-state index in [9.17, 15) is 4.21 Å². The van der Waals surface area contributed by atoms with Crippen LogP contribution in [0.5, 0.6) is 0 Å². The predicted molar refractivity (Wildman–Crippen MR) is 47.4 cm³/mol. The second kappa shape index (κ2) is 3.65. The fourth-order valence-corrected chi connectivity index (χ4v) is 2.51. The molecule has 1 rings (SSSR count). The summed E-state index contributed by atoms with van der Waals surface area (Å²) < 4.78 is 13.1. The van der Waals surface area contributed by atoms with E-state index in [1.54, 1.807) is 6.26 Å². The lowest BCUT2D eigenvalue weighted by molar-refractivity contribution is 0.249. The van der Waals surface area contributed by atoms with Crippen molar-refractivity contribution in [2.45, 2.75) is 31.8 Å². The average Bonchev–Trinajstić information content (AvgIpc) is 1.94. The van der Waals surface area contributed by atoms with Crippen molar-refractivity contribution >= 4 is 11.0 Å². The molecule has 66 valence electrons. The van der Waals surface area contributed by atoms with Gasteiger partial charge in [0.25, 0.3) is 0 Å². The molecule has 0 bridgehead atoms. The number of nitrogens with zero attached hydrogens (tertiary/aromatic N) is 1. The summed E-state index contributed by atoms with van der Waals surface area (Å²) in [6.07, 6.45) is 3.86. The third-order valence-corrected chi connectivity index (χ3v) is 3.50. The quantitative estimate of drug-likeness (QED) is 0.615. The highest BCUT2D eigenvalue weighted by molar-refractivity contribution is 7.81. The molecule has 1 heterocycles. The first kappa shape index (κ1) is 9.16. The average molecular weight is 176 g/mol. The highest BCUT2D eigenvalue weighted by Gasteiger charge is 2.26. The smallest absolute Gasteiger partial charge is 0.0913 e. The Balaban J connectivity index is 2.58. The molecule has 3 nitrogen and oxygen atoms in total. The molecule has 0 aliphatic carbocycles. The maximum absolute atomic E-state index is 11.1. The van der Waals surface area contributed by atoms with Crippen molar-refractivity contribution in [3.8, 4) is 0 Å². The molecular formula is C7H16N2OS. The number of nitrogens with two attached hydrogens (primary N) is 1. The van der Waals surface area contributed by atoms with Gasteiger partial charge in [0.05, 0.1) is 11.0 Å². The van der Waals surface area contributed by atoms with Crippen molar-refractivity contribution < 1.29 is 4.21 Å². The van der Waals surface area contributed by atoms with E-state index >= 15 is 0 Å². The van der Waals surface area contributed by atoms with Gasteiger partial charge in [0.15, 0.2) is 0 Å². The highest BCUT2D eigenvalue weighted by Crippen LogP contribution is 2.16. The van der Waals surface area contributed by atoms with Gasteiger partial charge in [-0.05, 0) is 19.8 Å². The minimum absolute atomic E-state index is 0.202. The van der Waals surface area contributed by atoms with Crippen molar-refractivity contribution in [2.24, 2.45) is 5.73 Å². The van der Waals surface area contributed by atoms with E-state index in [1.165, 1.54) is 0 Å². The van der Waals surface area contributed by atoms with Gasteiger partial charge in [-0.3, -0.25) is 0 Å². The number of hydrogen-bond donors (Lipinski definition) is 1. The molecular weight excluding hydrogens is 160 g/mol. The van der Waals surface area contributed by atoms with E-state index in [0.29, 0.717) is 0 Å². The van der Waals surface area contributed by atoms with Crippen LogP contribution in [0.1, 0.15) is 19.8 Å². The molecule has 0 spiro atoms. The van der Waals surface area contributed by atoms with Gasteiger partial charge in [-0.2, -0.15) is 0 Å². The maximum Gasteiger partial charge on any atom is 0.0913 e. The third kappa shape index (κ3) is 2.01. The molecule has 1 fully saturated rings. The van der Waals surface area contributed by atoms with E-state index in [2.05, 4.69) is 0 Å². The normalized spacial score (nSPS) is 37.0. The molecule has 1 aliphatic heterocycles. The van der Waals surface area contributed by atoms with E-state index in [-0.39, 0.29) is 12.1 Å². The summed E-state index contributed by atoms with van der Waals surface area (Å²) in [5.41, 5.74) is 5.83. The summed E-state index contributed by atoms with van der Waals surface area (Å²) in [6, 6.07) is 0.474. The van der Waals surface area contributed by atoms with Crippen LogP contribution in [0.2, 0.25) is 0 Å². The van der Waals surface area contributed by atoms with Crippen LogP contribution in [-0.2, 0) is 11.0 Å². The predicted octanol–water partition coefficient (Wildman–Crippen LogP) is 0.0915. The van der Waals surface area contributed by atoms with Gasteiger partial charge in [0.2, 0.25) is 0 Å². The maximum atomic E-state index is 11.1. The molecule has 0 aromatic carbocycles. The summed E-state index contributed by atoms with van der Waals surface area (Å²) in [6.45, 7) is 2.98. The van der Waals surface area contributed by atoms with Crippen molar-refractivity contribution in [1.82, 2.24) is 4.31 Å². The lowest BCUT2D eigenvalue weighted by Gasteiger charge is -2.35. The van der Waals surface area contributed by atoms with Gasteiger partial charge in [-0.1, -0.05) is 0 Å². The molecule has 3 atom stereocenters. The Labute approximate surface area is 70.5 Å². The zero-order valence-electron chi connectivity index (χ0n) is 7.12. The lowest BCUT2D eigenvalue weighted by atomic mass is 10.0. The second-order valence-corrected chi connectivity index (χ2v) is 4.43. The summed E-state index contributed by atoms with van der Waals surface area (Å²) in [4.78, 5) is 0. The van der Waals surface area contributed by atoms with Crippen molar-refractivity contribution in [3.63, 3.8) is 0 Å². The van der Waals surface area contributed by atoms with Gasteiger partial charge in [0, 0.05) is 24.9 Å². The standard InChI is InChI=1S/C7H16N2OS/c1-6-7(8)4-3-5-9(6)11(2)10/h6-7H,3-5,8H2,1-2H3/t6-,7-,11?/m1/s1. The fraction of sp³-hybridized carbons (Fsp3) is 1.00. The van der Waals surface area contributed by atoms with Crippen LogP contribution in [0, 0.1) is 0 Å². The molecule has 0 aromatic rings. The SMILES string of the molecule is C[C@@H]1[C@H](N)CCCN1S(C)=O. The van der Waals surface area contributed by atoms with Crippen LogP contribution >= 0.6 is 0 Å². The van der Waals surface area contributed by atoms with E-state index in [4.69, 9.17) is 5.73 Å². The van der Waals surface area contributed by atoms with Crippen LogP contribution in [0.3, 0.4) is 0 Å². The van der Waals surface area contributed by atoms with Gasteiger partial charge in [-0.15, -0.1) is 0 Å². The Kier molecular flexibility index (Phi) is 3.04. The Morgan fingerprint density at radius 3 is 2.73 bits per heavy atom. The number of piperidine rings is 1. The molecule has 2 N–H and O–H groups in total. The Morgan fingerprint density at radius 1 is 1.64 bits per heavy atom. The monoisotopic (exact) mass is 176 g/mol. The summed E-state index contributed by atoms with van der Waals surface area (Å²) in [7, 11) is -0.849. The first-order chi connectivity index (χ1) is 5.13. The van der Waals surface area contributed by atoms with Crippen LogP contribution in [-0.4, -0.2) is 33.4 Å². The van der Waals surface area contributed by atoms with Crippen LogP contribution in [0.4, 0.5) is 0 Å². The molecule has 4 heteroatoms. The number of hydrogen-bond acceptors (Lipinski definition) is 2. The van der Waals surface area contributed by atoms with Crippen molar-refractivity contribution in [3.05, 3.63) is 0 Å². The van der Waals surface area contributed by atoms with Crippen molar-refractivity contribution in [2.75, 3.05) is 12.8 Å². The van der Waals surface area contributed by atoms with Gasteiger partial charge < -0.3 is 5.73 Å². The van der Waals surface area contributed by atoms with Crippen LogP contribution in [0.25, 0.3) is 0 Å². The van der Waals surface area contributed by atoms with E-state index < -0.39 is 11.0 Å². The topological polar surface area (TPSA) is 46.3 Å². The van der Waals surface area contributed by atoms with Crippen LogP contribution < -0.4 is 5.73 Å². The molecule has 0 aromatic heterocycles. The molecule has 11 heavy (non-hydrogen) atoms. The Hall–Kier alpha value is 0.0700. The highest BCUT2D eigenvalue weighted by atomic mass is 32.2. The molecule has 0 amide bonds. The van der Waals surface area contributed by atoms with Gasteiger partial charge in [-0.25, -0.2) is 8.51 Å².